The van der Waals surface area contributed by atoms with Crippen molar-refractivity contribution in [1.82, 2.24) is 10.2 Å². The highest BCUT2D eigenvalue weighted by molar-refractivity contribution is 5.94. The second-order valence-electron chi connectivity index (χ2n) is 9.77. The number of hydrogen-bond acceptors (Lipinski definition) is 3. The van der Waals surface area contributed by atoms with Crippen LogP contribution < -0.4 is 5.32 Å². The smallest absolute Gasteiger partial charge is 0.304 e. The van der Waals surface area contributed by atoms with Gasteiger partial charge < -0.3 is 15.3 Å². The number of carbonyl (C=O) groups is 3. The molecule has 0 saturated heterocycles. The summed E-state index contributed by atoms with van der Waals surface area (Å²) in [6, 6.07) is 23.5. The van der Waals surface area contributed by atoms with Crippen molar-refractivity contribution in [3.8, 4) is 0 Å². The monoisotopic (exact) mass is 498 g/mol. The van der Waals surface area contributed by atoms with Crippen molar-refractivity contribution in [1.29, 1.82) is 0 Å². The lowest BCUT2D eigenvalue weighted by Gasteiger charge is -2.24. The van der Waals surface area contributed by atoms with Crippen LogP contribution in [-0.2, 0) is 35.4 Å². The third kappa shape index (κ3) is 7.06. The number of rotatable bonds is 10. The van der Waals surface area contributed by atoms with Crippen molar-refractivity contribution in [2.75, 3.05) is 13.1 Å². The average molecular weight is 499 g/mol. The predicted molar refractivity (Wildman–Crippen MR) is 143 cm³/mol. The van der Waals surface area contributed by atoms with Gasteiger partial charge >= 0.3 is 5.97 Å². The van der Waals surface area contributed by atoms with Crippen molar-refractivity contribution in [2.45, 2.75) is 45.6 Å². The molecule has 0 aromatic heterocycles. The van der Waals surface area contributed by atoms with Gasteiger partial charge in [-0.2, -0.15) is 0 Å². The van der Waals surface area contributed by atoms with Crippen LogP contribution in [0.4, 0.5) is 0 Å². The number of carbonyl (C=O) groups excluding carboxylic acids is 2. The number of aliphatic carboxylic acids is 1. The first-order valence-corrected chi connectivity index (χ1v) is 12.9. The zero-order valence-electron chi connectivity index (χ0n) is 21.3. The Kier molecular flexibility index (Phi) is 8.72. The van der Waals surface area contributed by atoms with E-state index in [1.54, 1.807) is 12.1 Å². The molecule has 6 nitrogen and oxygen atoms in total. The highest BCUT2D eigenvalue weighted by Gasteiger charge is 2.31. The Bertz CT molecular complexity index is 1240. The Morgan fingerprint density at radius 3 is 2.38 bits per heavy atom. The first-order chi connectivity index (χ1) is 17.9. The van der Waals surface area contributed by atoms with Gasteiger partial charge in [0.25, 0.3) is 5.91 Å². The van der Waals surface area contributed by atoms with Crippen molar-refractivity contribution in [3.05, 3.63) is 106 Å². The third-order valence-corrected chi connectivity index (χ3v) is 7.03. The number of aryl methyl sites for hydroxylation is 2. The van der Waals surface area contributed by atoms with Crippen molar-refractivity contribution < 1.29 is 19.5 Å². The summed E-state index contributed by atoms with van der Waals surface area (Å²) in [5, 5.41) is 12.4. The quantitative estimate of drug-likeness (QED) is 0.401. The van der Waals surface area contributed by atoms with E-state index in [0.29, 0.717) is 31.6 Å². The molecule has 0 radical (unpaired) electrons. The topological polar surface area (TPSA) is 86.7 Å². The third-order valence-electron chi connectivity index (χ3n) is 7.03. The van der Waals surface area contributed by atoms with Crippen LogP contribution in [0, 0.1) is 12.8 Å². The van der Waals surface area contributed by atoms with Gasteiger partial charge in [-0.15, -0.1) is 0 Å². The number of nitrogens with zero attached hydrogens (tertiary/aromatic N) is 1. The molecule has 3 aromatic carbocycles. The van der Waals surface area contributed by atoms with Crippen LogP contribution in [0.5, 0.6) is 0 Å². The molecule has 0 aliphatic carbocycles. The van der Waals surface area contributed by atoms with Gasteiger partial charge in [-0.3, -0.25) is 14.4 Å². The van der Waals surface area contributed by atoms with Crippen molar-refractivity contribution >= 4 is 17.8 Å². The van der Waals surface area contributed by atoms with Gasteiger partial charge in [0.1, 0.15) is 0 Å². The summed E-state index contributed by atoms with van der Waals surface area (Å²) in [6.07, 6.45) is 2.61. The molecule has 2 amide bonds. The molecule has 3 aromatic rings. The number of amides is 2. The molecule has 0 spiro atoms. The minimum absolute atomic E-state index is 0.0729. The van der Waals surface area contributed by atoms with Gasteiger partial charge in [-0.05, 0) is 72.6 Å². The van der Waals surface area contributed by atoms with Crippen molar-refractivity contribution in [2.24, 2.45) is 5.92 Å². The molecule has 2 N–H and O–H groups in total. The van der Waals surface area contributed by atoms with Crippen LogP contribution in [0.2, 0.25) is 0 Å². The maximum absolute atomic E-state index is 13.4. The molecular formula is C31H34N2O4. The average Bonchev–Trinajstić information content (AvgIpc) is 3.02. The maximum Gasteiger partial charge on any atom is 0.304 e. The summed E-state index contributed by atoms with van der Waals surface area (Å²) >= 11 is 0. The molecule has 4 rings (SSSR count). The lowest BCUT2D eigenvalue weighted by molar-refractivity contribution is -0.144. The number of carboxylic acids is 1. The SMILES string of the molecule is Cc1cc2c(cc1CCCNC(=O)c1ccccc1)CN(CCc1ccccc1)C(=O)C(CC(=O)O)C2. The highest BCUT2D eigenvalue weighted by Crippen LogP contribution is 2.28. The summed E-state index contributed by atoms with van der Waals surface area (Å²) in [7, 11) is 0. The van der Waals surface area contributed by atoms with Crippen LogP contribution in [0.15, 0.2) is 72.8 Å². The fourth-order valence-corrected chi connectivity index (χ4v) is 5.01. The van der Waals surface area contributed by atoms with E-state index >= 15 is 0 Å². The molecular weight excluding hydrogens is 464 g/mol. The molecule has 1 aliphatic heterocycles. The first kappa shape index (κ1) is 26.1. The van der Waals surface area contributed by atoms with Crippen LogP contribution in [0.3, 0.4) is 0 Å². The molecule has 1 unspecified atom stereocenters. The second-order valence-corrected chi connectivity index (χ2v) is 9.77. The maximum atomic E-state index is 13.4. The van der Waals surface area contributed by atoms with E-state index in [-0.39, 0.29) is 18.2 Å². The molecule has 0 fully saturated rings. The largest absolute Gasteiger partial charge is 0.481 e. The molecule has 0 saturated carbocycles. The van der Waals surface area contributed by atoms with Crippen molar-refractivity contribution in [3.63, 3.8) is 0 Å². The fraction of sp³-hybridized carbons (Fsp3) is 0.323. The number of hydrogen-bond donors (Lipinski definition) is 2. The number of fused-ring (bicyclic) bond motifs is 1. The van der Waals surface area contributed by atoms with Crippen LogP contribution in [0.1, 0.15) is 51.0 Å². The Morgan fingerprint density at radius 2 is 1.68 bits per heavy atom. The molecule has 1 heterocycles. The van der Waals surface area contributed by atoms with E-state index in [4.69, 9.17) is 0 Å². The van der Waals surface area contributed by atoms with E-state index in [2.05, 4.69) is 24.4 Å². The number of nitrogens with one attached hydrogen (secondary N) is 1. The summed E-state index contributed by atoms with van der Waals surface area (Å²) in [5.41, 5.74) is 6.27. The Labute approximate surface area is 218 Å². The minimum Gasteiger partial charge on any atom is -0.481 e. The lowest BCUT2D eigenvalue weighted by Crippen LogP contribution is -2.37. The fourth-order valence-electron chi connectivity index (χ4n) is 5.01. The number of benzene rings is 3. The van der Waals surface area contributed by atoms with Gasteiger partial charge in [-0.1, -0.05) is 60.7 Å². The second kappa shape index (κ2) is 12.3. The molecule has 192 valence electrons. The van der Waals surface area contributed by atoms with Gasteiger partial charge in [0.2, 0.25) is 5.91 Å². The van der Waals surface area contributed by atoms with E-state index in [1.165, 1.54) is 5.56 Å². The van der Waals surface area contributed by atoms with Gasteiger partial charge in [0, 0.05) is 25.2 Å². The highest BCUT2D eigenvalue weighted by atomic mass is 16.4. The molecule has 1 atom stereocenters. The van der Waals surface area contributed by atoms with Crippen LogP contribution in [-0.4, -0.2) is 40.9 Å². The molecule has 6 heteroatoms. The van der Waals surface area contributed by atoms with Gasteiger partial charge in [-0.25, -0.2) is 0 Å². The molecule has 37 heavy (non-hydrogen) atoms. The van der Waals surface area contributed by atoms with E-state index in [0.717, 1.165) is 41.5 Å². The molecule has 1 aliphatic rings. The van der Waals surface area contributed by atoms with E-state index < -0.39 is 11.9 Å². The van der Waals surface area contributed by atoms with Crippen LogP contribution >= 0.6 is 0 Å². The Hall–Kier alpha value is -3.93. The first-order valence-electron chi connectivity index (χ1n) is 12.9. The summed E-state index contributed by atoms with van der Waals surface area (Å²) in [6.45, 7) is 3.67. The summed E-state index contributed by atoms with van der Waals surface area (Å²) < 4.78 is 0. The number of carboxylic acid groups (broad SMARTS) is 1. The normalized spacial score (nSPS) is 15.1. The van der Waals surface area contributed by atoms with Gasteiger partial charge in [0.15, 0.2) is 0 Å². The van der Waals surface area contributed by atoms with E-state index in [9.17, 15) is 19.5 Å². The summed E-state index contributed by atoms with van der Waals surface area (Å²) in [4.78, 5) is 39.0. The summed E-state index contributed by atoms with van der Waals surface area (Å²) in [5.74, 6) is -1.67. The Morgan fingerprint density at radius 1 is 0.973 bits per heavy atom. The standard InChI is InChI=1S/C31H34N2O4/c1-22-17-26-19-27(20-29(34)35)31(37)33(16-14-23-9-4-2-5-10-23)21-28(26)18-25(22)13-8-15-32-30(36)24-11-6-3-7-12-24/h2-7,9-12,17-18,27H,8,13-16,19-21H2,1H3,(H,32,36)(H,34,35). The predicted octanol–water partition coefficient (Wildman–Crippen LogP) is 4.58. The molecule has 0 bridgehead atoms. The zero-order valence-corrected chi connectivity index (χ0v) is 21.3. The lowest BCUT2D eigenvalue weighted by atomic mass is 9.90. The van der Waals surface area contributed by atoms with E-state index in [1.807, 2.05) is 53.4 Å². The minimum atomic E-state index is -0.948. The van der Waals surface area contributed by atoms with Gasteiger partial charge in [0.05, 0.1) is 12.3 Å². The van der Waals surface area contributed by atoms with Crippen LogP contribution in [0.25, 0.3) is 0 Å². The Balaban J connectivity index is 1.45. The zero-order chi connectivity index (χ0) is 26.2.